The van der Waals surface area contributed by atoms with Gasteiger partial charge in [-0.3, -0.25) is 4.79 Å². The van der Waals surface area contributed by atoms with Gasteiger partial charge in [-0.25, -0.2) is 5.43 Å². The maximum atomic E-state index is 12.1. The highest BCUT2D eigenvalue weighted by Gasteiger charge is 2.10. The summed E-state index contributed by atoms with van der Waals surface area (Å²) in [6.07, 6.45) is 0. The third-order valence-electron chi connectivity index (χ3n) is 4.07. The SMILES string of the molecule is C/C(=N/NC(=O)COc1c(Br)cc(Br)cc1Br)c1ccc(-c2ccccc2)cc1. The van der Waals surface area contributed by atoms with Crippen LogP contribution in [0.5, 0.6) is 5.75 Å². The fourth-order valence-electron chi connectivity index (χ4n) is 2.58. The van der Waals surface area contributed by atoms with E-state index in [4.69, 9.17) is 4.74 Å². The number of hydrogen-bond acceptors (Lipinski definition) is 3. The number of rotatable bonds is 6. The van der Waals surface area contributed by atoms with Crippen LogP contribution in [0.1, 0.15) is 12.5 Å². The van der Waals surface area contributed by atoms with E-state index in [2.05, 4.69) is 70.4 Å². The Bertz CT molecular complexity index is 1010. The fourth-order valence-corrected chi connectivity index (χ4v) is 5.07. The molecule has 29 heavy (non-hydrogen) atoms. The van der Waals surface area contributed by atoms with E-state index in [9.17, 15) is 4.79 Å². The molecule has 148 valence electrons. The van der Waals surface area contributed by atoms with Crippen molar-refractivity contribution in [1.82, 2.24) is 5.43 Å². The number of ether oxygens (including phenoxy) is 1. The number of hydrazone groups is 1. The molecule has 0 spiro atoms. The molecule has 0 aliphatic heterocycles. The maximum Gasteiger partial charge on any atom is 0.277 e. The first kappa shape index (κ1) is 21.7. The molecule has 7 heteroatoms. The zero-order valence-corrected chi connectivity index (χ0v) is 20.2. The van der Waals surface area contributed by atoms with Gasteiger partial charge in [-0.2, -0.15) is 5.10 Å². The smallest absolute Gasteiger partial charge is 0.277 e. The lowest BCUT2D eigenvalue weighted by Crippen LogP contribution is -2.25. The standard InChI is InChI=1S/C22H17Br3N2O2/c1-14(15-7-9-17(10-8-15)16-5-3-2-4-6-16)26-27-21(28)13-29-22-19(24)11-18(23)12-20(22)25/h2-12H,13H2,1H3,(H,27,28)/b26-14-. The third-order valence-corrected chi connectivity index (χ3v) is 5.70. The summed E-state index contributed by atoms with van der Waals surface area (Å²) in [5.74, 6) is 0.215. The highest BCUT2D eigenvalue weighted by atomic mass is 79.9. The topological polar surface area (TPSA) is 50.7 Å². The number of benzene rings is 3. The molecule has 0 heterocycles. The van der Waals surface area contributed by atoms with Crippen LogP contribution in [0.4, 0.5) is 0 Å². The minimum absolute atomic E-state index is 0.150. The Morgan fingerprint density at radius 1 is 0.931 bits per heavy atom. The Hall–Kier alpha value is -1.96. The van der Waals surface area contributed by atoms with Crippen molar-refractivity contribution in [2.75, 3.05) is 6.61 Å². The van der Waals surface area contributed by atoms with Crippen LogP contribution >= 0.6 is 47.8 Å². The second-order valence-corrected chi connectivity index (χ2v) is 8.79. The summed E-state index contributed by atoms with van der Waals surface area (Å²) >= 11 is 10.2. The molecule has 0 aliphatic carbocycles. The van der Waals surface area contributed by atoms with Crippen molar-refractivity contribution in [1.29, 1.82) is 0 Å². The number of hydrogen-bond donors (Lipinski definition) is 1. The molecule has 0 saturated heterocycles. The summed E-state index contributed by atoms with van der Waals surface area (Å²) in [5.41, 5.74) is 6.47. The number of carbonyl (C=O) groups is 1. The van der Waals surface area contributed by atoms with Crippen molar-refractivity contribution in [3.8, 4) is 16.9 Å². The van der Waals surface area contributed by atoms with Gasteiger partial charge in [0.2, 0.25) is 0 Å². The molecule has 0 atom stereocenters. The summed E-state index contributed by atoms with van der Waals surface area (Å²) in [7, 11) is 0. The van der Waals surface area contributed by atoms with Gasteiger partial charge in [0.15, 0.2) is 6.61 Å². The Morgan fingerprint density at radius 3 is 2.14 bits per heavy atom. The molecule has 0 radical (unpaired) electrons. The zero-order chi connectivity index (χ0) is 20.8. The second kappa shape index (κ2) is 10.2. The number of halogens is 3. The van der Waals surface area contributed by atoms with Crippen molar-refractivity contribution in [3.63, 3.8) is 0 Å². The van der Waals surface area contributed by atoms with Gasteiger partial charge in [0.05, 0.1) is 14.7 Å². The second-order valence-electron chi connectivity index (χ2n) is 6.16. The Balaban J connectivity index is 1.59. The van der Waals surface area contributed by atoms with Gasteiger partial charge >= 0.3 is 0 Å². The molecule has 0 bridgehead atoms. The molecular weight excluding hydrogens is 564 g/mol. The molecule has 0 fully saturated rings. The molecule has 0 aliphatic rings. The number of nitrogens with zero attached hydrogens (tertiary/aromatic N) is 1. The lowest BCUT2D eigenvalue weighted by molar-refractivity contribution is -0.123. The van der Waals surface area contributed by atoms with Crippen LogP contribution in [0, 0.1) is 0 Å². The summed E-state index contributed by atoms with van der Waals surface area (Å²) < 4.78 is 7.97. The van der Waals surface area contributed by atoms with Gasteiger partial charge in [0.25, 0.3) is 5.91 Å². The number of amides is 1. The van der Waals surface area contributed by atoms with Gasteiger partial charge in [-0.15, -0.1) is 0 Å². The van der Waals surface area contributed by atoms with Crippen LogP contribution in [0.15, 0.2) is 85.2 Å². The van der Waals surface area contributed by atoms with Gasteiger partial charge < -0.3 is 4.74 Å². The minimum atomic E-state index is -0.341. The van der Waals surface area contributed by atoms with Crippen LogP contribution < -0.4 is 10.2 Å². The van der Waals surface area contributed by atoms with E-state index in [0.29, 0.717) is 11.5 Å². The lowest BCUT2D eigenvalue weighted by Gasteiger charge is -2.10. The predicted octanol–water partition coefficient (Wildman–Crippen LogP) is 6.56. The van der Waals surface area contributed by atoms with Crippen LogP contribution in [0.3, 0.4) is 0 Å². The molecular formula is C22H17Br3N2O2. The van der Waals surface area contributed by atoms with E-state index in [0.717, 1.165) is 30.1 Å². The number of nitrogens with one attached hydrogen (secondary N) is 1. The van der Waals surface area contributed by atoms with Crippen LogP contribution in [-0.4, -0.2) is 18.2 Å². The van der Waals surface area contributed by atoms with Crippen LogP contribution in [0.25, 0.3) is 11.1 Å². The quantitative estimate of drug-likeness (QED) is 0.265. The molecule has 1 N–H and O–H groups in total. The maximum absolute atomic E-state index is 12.1. The first-order valence-corrected chi connectivity index (χ1v) is 11.1. The summed E-state index contributed by atoms with van der Waals surface area (Å²) in [6, 6.07) is 21.9. The molecule has 1 amide bonds. The van der Waals surface area contributed by atoms with E-state index in [1.54, 1.807) is 0 Å². The third kappa shape index (κ3) is 6.01. The zero-order valence-electron chi connectivity index (χ0n) is 15.5. The van der Waals surface area contributed by atoms with E-state index >= 15 is 0 Å². The van der Waals surface area contributed by atoms with Crippen molar-refractivity contribution >= 4 is 59.4 Å². The average Bonchev–Trinajstić information content (AvgIpc) is 2.72. The molecule has 0 saturated carbocycles. The highest BCUT2D eigenvalue weighted by molar-refractivity contribution is 9.11. The Labute approximate surface area is 194 Å². The van der Waals surface area contributed by atoms with Crippen molar-refractivity contribution in [2.24, 2.45) is 5.10 Å². The predicted molar refractivity (Wildman–Crippen MR) is 127 cm³/mol. The van der Waals surface area contributed by atoms with Crippen LogP contribution in [0.2, 0.25) is 0 Å². The number of carbonyl (C=O) groups excluding carboxylic acids is 1. The summed E-state index contributed by atoms with van der Waals surface area (Å²) in [5, 5.41) is 4.17. The first-order valence-electron chi connectivity index (χ1n) is 8.70. The van der Waals surface area contributed by atoms with Crippen LogP contribution in [-0.2, 0) is 4.79 Å². The molecule has 3 aromatic rings. The van der Waals surface area contributed by atoms with Gasteiger partial charge in [-0.05, 0) is 67.6 Å². The van der Waals surface area contributed by atoms with Crippen molar-refractivity contribution < 1.29 is 9.53 Å². The molecule has 4 nitrogen and oxygen atoms in total. The average molecular weight is 581 g/mol. The Kier molecular flexibility index (Phi) is 7.64. The van der Waals surface area contributed by atoms with E-state index < -0.39 is 0 Å². The first-order chi connectivity index (χ1) is 13.9. The largest absolute Gasteiger partial charge is 0.481 e. The van der Waals surface area contributed by atoms with Gasteiger partial charge in [0.1, 0.15) is 5.75 Å². The van der Waals surface area contributed by atoms with E-state index in [-0.39, 0.29) is 12.5 Å². The molecule has 0 aromatic heterocycles. The molecule has 3 rings (SSSR count). The molecule has 0 unspecified atom stereocenters. The fraction of sp³-hybridized carbons (Fsp3) is 0.0909. The van der Waals surface area contributed by atoms with E-state index in [1.165, 1.54) is 0 Å². The minimum Gasteiger partial charge on any atom is -0.481 e. The van der Waals surface area contributed by atoms with Crippen molar-refractivity contribution in [3.05, 3.63) is 85.7 Å². The summed E-state index contributed by atoms with van der Waals surface area (Å²) in [6.45, 7) is 1.70. The summed E-state index contributed by atoms with van der Waals surface area (Å²) in [4.78, 5) is 12.1. The molecule has 3 aromatic carbocycles. The van der Waals surface area contributed by atoms with Gasteiger partial charge in [0, 0.05) is 4.47 Å². The monoisotopic (exact) mass is 578 g/mol. The van der Waals surface area contributed by atoms with Gasteiger partial charge in [-0.1, -0.05) is 70.5 Å². The lowest BCUT2D eigenvalue weighted by atomic mass is 10.0. The van der Waals surface area contributed by atoms with E-state index in [1.807, 2.05) is 61.5 Å². The normalized spacial score (nSPS) is 11.2. The van der Waals surface area contributed by atoms with Crippen molar-refractivity contribution in [2.45, 2.75) is 6.92 Å². The highest BCUT2D eigenvalue weighted by Crippen LogP contribution is 2.36. The Morgan fingerprint density at radius 2 is 1.52 bits per heavy atom.